The van der Waals surface area contributed by atoms with Gasteiger partial charge in [0.05, 0.1) is 17.0 Å². The van der Waals surface area contributed by atoms with E-state index in [1.54, 1.807) is 0 Å². The van der Waals surface area contributed by atoms with Crippen LogP contribution in [-0.4, -0.2) is 50.9 Å². The van der Waals surface area contributed by atoms with Gasteiger partial charge in [-0.2, -0.15) is 0 Å². The zero-order valence-corrected chi connectivity index (χ0v) is 13.2. The number of carbonyl (C=O) groups is 2. The molecule has 20 heavy (non-hydrogen) atoms. The number of benzene rings is 1. The molecule has 0 spiro atoms. The number of carboxylic acids is 1. The van der Waals surface area contributed by atoms with E-state index in [0.29, 0.717) is 0 Å². The molecule has 0 radical (unpaired) electrons. The predicted molar refractivity (Wildman–Crippen MR) is 75.0 cm³/mol. The summed E-state index contributed by atoms with van der Waals surface area (Å²) in [7, 11) is -0.883. The number of hydrogen-bond acceptors (Lipinski definition) is 4. The maximum absolute atomic E-state index is 12.0. The Morgan fingerprint density at radius 2 is 1.95 bits per heavy atom. The van der Waals surface area contributed by atoms with Crippen LogP contribution in [0.15, 0.2) is 27.6 Å². The van der Waals surface area contributed by atoms with E-state index in [-0.39, 0.29) is 21.5 Å². The Bertz CT molecular complexity index is 642. The minimum Gasteiger partial charge on any atom is -0.478 e. The SMILES string of the molecule is CN(C)C(=O)CNS(=O)(=O)c1ccc(C(=O)O)cc1Br. The molecule has 9 heteroatoms. The Kier molecular flexibility index (Phi) is 5.26. The van der Waals surface area contributed by atoms with Crippen LogP contribution in [0.1, 0.15) is 10.4 Å². The fourth-order valence-corrected chi connectivity index (χ4v) is 3.29. The van der Waals surface area contributed by atoms with E-state index in [1.165, 1.54) is 31.1 Å². The molecule has 1 rings (SSSR count). The Hall–Kier alpha value is -1.45. The first-order valence-electron chi connectivity index (χ1n) is 5.38. The van der Waals surface area contributed by atoms with E-state index in [9.17, 15) is 18.0 Å². The molecular weight excluding hydrogens is 352 g/mol. The predicted octanol–water partition coefficient (Wildman–Crippen LogP) is 0.514. The molecule has 0 aromatic heterocycles. The Morgan fingerprint density at radius 3 is 2.40 bits per heavy atom. The Balaban J connectivity index is 2.99. The molecule has 1 amide bonds. The number of carbonyl (C=O) groups excluding carboxylic acids is 1. The lowest BCUT2D eigenvalue weighted by atomic mass is 10.2. The molecule has 7 nitrogen and oxygen atoms in total. The van der Waals surface area contributed by atoms with Gasteiger partial charge < -0.3 is 10.0 Å². The molecule has 0 aliphatic carbocycles. The van der Waals surface area contributed by atoms with E-state index in [4.69, 9.17) is 5.11 Å². The summed E-state index contributed by atoms with van der Waals surface area (Å²) in [6.07, 6.45) is 0. The van der Waals surface area contributed by atoms with Crippen molar-refractivity contribution in [2.45, 2.75) is 4.90 Å². The van der Waals surface area contributed by atoms with Crippen molar-refractivity contribution < 1.29 is 23.1 Å². The molecule has 0 saturated carbocycles. The lowest BCUT2D eigenvalue weighted by molar-refractivity contribution is -0.127. The average molecular weight is 365 g/mol. The number of rotatable bonds is 5. The lowest BCUT2D eigenvalue weighted by Gasteiger charge is -2.12. The normalized spacial score (nSPS) is 11.2. The molecular formula is C11H13BrN2O5S. The quantitative estimate of drug-likeness (QED) is 0.792. The van der Waals surface area contributed by atoms with E-state index in [1.807, 2.05) is 0 Å². The smallest absolute Gasteiger partial charge is 0.335 e. The summed E-state index contributed by atoms with van der Waals surface area (Å²) in [4.78, 5) is 23.3. The number of likely N-dealkylation sites (N-methyl/N-ethyl adjacent to an activating group) is 1. The van der Waals surface area contributed by atoms with Gasteiger partial charge >= 0.3 is 5.97 Å². The van der Waals surface area contributed by atoms with E-state index >= 15 is 0 Å². The number of halogens is 1. The second-order valence-electron chi connectivity index (χ2n) is 4.06. The number of nitrogens with one attached hydrogen (secondary N) is 1. The fraction of sp³-hybridized carbons (Fsp3) is 0.273. The van der Waals surface area contributed by atoms with Crippen LogP contribution in [0.4, 0.5) is 0 Å². The molecule has 0 aliphatic heterocycles. The molecule has 0 bridgehead atoms. The zero-order chi connectivity index (χ0) is 15.5. The third kappa shape index (κ3) is 4.02. The van der Waals surface area contributed by atoms with Gasteiger partial charge in [-0.15, -0.1) is 0 Å². The minimum atomic E-state index is -3.90. The van der Waals surface area contributed by atoms with Gasteiger partial charge in [-0.05, 0) is 34.1 Å². The highest BCUT2D eigenvalue weighted by molar-refractivity contribution is 9.10. The highest BCUT2D eigenvalue weighted by Gasteiger charge is 2.20. The Labute approximate surface area is 124 Å². The third-order valence-electron chi connectivity index (χ3n) is 2.38. The van der Waals surface area contributed by atoms with Crippen molar-refractivity contribution in [2.24, 2.45) is 0 Å². The monoisotopic (exact) mass is 364 g/mol. The molecule has 2 N–H and O–H groups in total. The van der Waals surface area contributed by atoms with Gasteiger partial charge in [0.2, 0.25) is 15.9 Å². The number of carboxylic acid groups (broad SMARTS) is 1. The van der Waals surface area contributed by atoms with Crippen molar-refractivity contribution in [1.82, 2.24) is 9.62 Å². The van der Waals surface area contributed by atoms with Crippen molar-refractivity contribution in [1.29, 1.82) is 0 Å². The van der Waals surface area contributed by atoms with Crippen LogP contribution >= 0.6 is 15.9 Å². The summed E-state index contributed by atoms with van der Waals surface area (Å²) < 4.78 is 26.3. The summed E-state index contributed by atoms with van der Waals surface area (Å²) in [6.45, 7) is -0.373. The topological polar surface area (TPSA) is 104 Å². The van der Waals surface area contributed by atoms with Crippen molar-refractivity contribution >= 4 is 37.8 Å². The fourth-order valence-electron chi connectivity index (χ4n) is 1.24. The molecule has 0 saturated heterocycles. The third-order valence-corrected chi connectivity index (χ3v) is 4.76. The standard InChI is InChI=1S/C11H13BrN2O5S/c1-14(2)10(15)6-13-20(18,19)9-4-3-7(11(16)17)5-8(9)12/h3-5,13H,6H2,1-2H3,(H,16,17). The maximum Gasteiger partial charge on any atom is 0.335 e. The summed E-state index contributed by atoms with van der Waals surface area (Å²) in [5.41, 5.74) is -0.0415. The Morgan fingerprint density at radius 1 is 1.35 bits per heavy atom. The van der Waals surface area contributed by atoms with Crippen molar-refractivity contribution in [2.75, 3.05) is 20.6 Å². The van der Waals surface area contributed by atoms with Crippen LogP contribution in [0.25, 0.3) is 0 Å². The van der Waals surface area contributed by atoms with Crippen molar-refractivity contribution in [3.8, 4) is 0 Å². The highest BCUT2D eigenvalue weighted by atomic mass is 79.9. The summed E-state index contributed by atoms with van der Waals surface area (Å²) in [6, 6.07) is 3.52. The van der Waals surface area contributed by atoms with Gasteiger partial charge in [-0.3, -0.25) is 4.79 Å². The van der Waals surface area contributed by atoms with Gasteiger partial charge in [0.1, 0.15) is 0 Å². The van der Waals surface area contributed by atoms with Crippen LogP contribution < -0.4 is 4.72 Å². The van der Waals surface area contributed by atoms with E-state index in [0.717, 1.165) is 6.07 Å². The first kappa shape index (κ1) is 16.6. The maximum atomic E-state index is 12.0. The molecule has 1 aromatic carbocycles. The summed E-state index contributed by atoms with van der Waals surface area (Å²) in [5.74, 6) is -1.56. The van der Waals surface area contributed by atoms with E-state index in [2.05, 4.69) is 20.7 Å². The first-order chi connectivity index (χ1) is 9.15. The minimum absolute atomic E-state index is 0.0415. The van der Waals surface area contributed by atoms with E-state index < -0.39 is 21.9 Å². The largest absolute Gasteiger partial charge is 0.478 e. The van der Waals surface area contributed by atoms with Gasteiger partial charge in [0.15, 0.2) is 0 Å². The molecule has 0 heterocycles. The molecule has 0 fully saturated rings. The van der Waals surface area contributed by atoms with Crippen LogP contribution in [0, 0.1) is 0 Å². The summed E-state index contributed by atoms with van der Waals surface area (Å²) in [5, 5.41) is 8.80. The van der Waals surface area contributed by atoms with Crippen molar-refractivity contribution in [3.05, 3.63) is 28.2 Å². The zero-order valence-electron chi connectivity index (χ0n) is 10.8. The average Bonchev–Trinajstić information content (AvgIpc) is 2.35. The molecule has 1 aromatic rings. The van der Waals surface area contributed by atoms with Gasteiger partial charge in [-0.1, -0.05) is 0 Å². The first-order valence-corrected chi connectivity index (χ1v) is 7.65. The number of amides is 1. The summed E-state index contributed by atoms with van der Waals surface area (Å²) >= 11 is 3.01. The van der Waals surface area contributed by atoms with Gasteiger partial charge in [0, 0.05) is 18.6 Å². The van der Waals surface area contributed by atoms with Gasteiger partial charge in [-0.25, -0.2) is 17.9 Å². The second kappa shape index (κ2) is 6.33. The second-order valence-corrected chi connectivity index (χ2v) is 6.65. The van der Waals surface area contributed by atoms with Crippen LogP contribution in [0.2, 0.25) is 0 Å². The van der Waals surface area contributed by atoms with Crippen LogP contribution in [-0.2, 0) is 14.8 Å². The lowest BCUT2D eigenvalue weighted by Crippen LogP contribution is -2.36. The highest BCUT2D eigenvalue weighted by Crippen LogP contribution is 2.23. The number of hydrogen-bond donors (Lipinski definition) is 2. The molecule has 0 aliphatic rings. The molecule has 0 atom stereocenters. The number of sulfonamides is 1. The number of aromatic carboxylic acids is 1. The molecule has 110 valence electrons. The van der Waals surface area contributed by atoms with Crippen LogP contribution in [0.5, 0.6) is 0 Å². The number of nitrogens with zero attached hydrogens (tertiary/aromatic N) is 1. The van der Waals surface area contributed by atoms with Crippen molar-refractivity contribution in [3.63, 3.8) is 0 Å². The van der Waals surface area contributed by atoms with Crippen LogP contribution in [0.3, 0.4) is 0 Å². The van der Waals surface area contributed by atoms with Gasteiger partial charge in [0.25, 0.3) is 0 Å². The molecule has 0 unspecified atom stereocenters.